The van der Waals surface area contributed by atoms with Crippen molar-refractivity contribution in [2.45, 2.75) is 70.8 Å². The summed E-state index contributed by atoms with van der Waals surface area (Å²) < 4.78 is 0. The summed E-state index contributed by atoms with van der Waals surface area (Å²) >= 11 is 1.86. The van der Waals surface area contributed by atoms with Crippen LogP contribution in [0.4, 0.5) is 0 Å². The first kappa shape index (κ1) is 13.0. The Labute approximate surface area is 109 Å². The first-order chi connectivity index (χ1) is 7.93. The lowest BCUT2D eigenvalue weighted by Crippen LogP contribution is -2.35. The Morgan fingerprint density at radius 2 is 2.00 bits per heavy atom. The van der Waals surface area contributed by atoms with E-state index in [1.807, 2.05) is 11.3 Å². The van der Waals surface area contributed by atoms with Gasteiger partial charge in [-0.05, 0) is 32.1 Å². The molecule has 1 heterocycles. The van der Waals surface area contributed by atoms with Crippen molar-refractivity contribution in [2.24, 2.45) is 5.73 Å². The van der Waals surface area contributed by atoms with E-state index in [2.05, 4.69) is 27.7 Å². The first-order valence-corrected chi connectivity index (χ1v) is 7.54. The van der Waals surface area contributed by atoms with Crippen LogP contribution in [0.1, 0.15) is 69.0 Å². The summed E-state index contributed by atoms with van der Waals surface area (Å²) in [4.78, 5) is 6.39. The number of hydrogen-bond acceptors (Lipinski definition) is 3. The topological polar surface area (TPSA) is 38.9 Å². The molecule has 0 radical (unpaired) electrons. The zero-order chi connectivity index (χ0) is 12.7. The summed E-state index contributed by atoms with van der Waals surface area (Å²) in [5, 5.41) is 1.16. The molecule has 1 aromatic heterocycles. The van der Waals surface area contributed by atoms with Gasteiger partial charge in [0.15, 0.2) is 0 Å². The summed E-state index contributed by atoms with van der Waals surface area (Å²) in [5.74, 6) is 0. The molecule has 1 aliphatic rings. The molecule has 0 amide bonds. The van der Waals surface area contributed by atoms with Crippen molar-refractivity contribution in [3.63, 3.8) is 0 Å². The average Bonchev–Trinajstić information content (AvgIpc) is 2.73. The summed E-state index contributed by atoms with van der Waals surface area (Å²) in [6.45, 7) is 8.94. The van der Waals surface area contributed by atoms with Gasteiger partial charge in [-0.3, -0.25) is 0 Å². The molecule has 0 fully saturated rings. The largest absolute Gasteiger partial charge is 0.319 e. The Hall–Kier alpha value is -0.410. The van der Waals surface area contributed by atoms with Gasteiger partial charge in [-0.1, -0.05) is 27.7 Å². The van der Waals surface area contributed by atoms with Crippen molar-refractivity contribution in [3.8, 4) is 0 Å². The van der Waals surface area contributed by atoms with E-state index in [4.69, 9.17) is 10.7 Å². The minimum absolute atomic E-state index is 0.210. The molecule has 96 valence electrons. The number of rotatable bonds is 3. The molecule has 0 spiro atoms. The predicted molar refractivity (Wildman–Crippen MR) is 74.5 cm³/mol. The standard InChI is InChI=1S/C14H24N2S/c1-5-14(15,6-2)12-16-11-10(17-12)8-7-9-13(11,3)4/h5-9,15H2,1-4H3. The van der Waals surface area contributed by atoms with Crippen molar-refractivity contribution >= 4 is 11.3 Å². The van der Waals surface area contributed by atoms with E-state index in [0.717, 1.165) is 17.8 Å². The highest BCUT2D eigenvalue weighted by Gasteiger charge is 2.35. The monoisotopic (exact) mass is 252 g/mol. The second kappa shape index (κ2) is 4.36. The minimum Gasteiger partial charge on any atom is -0.319 e. The fourth-order valence-corrected chi connectivity index (χ4v) is 4.15. The van der Waals surface area contributed by atoms with Gasteiger partial charge in [0.05, 0.1) is 11.2 Å². The van der Waals surface area contributed by atoms with E-state index in [1.165, 1.54) is 29.8 Å². The van der Waals surface area contributed by atoms with Crippen LogP contribution in [0.2, 0.25) is 0 Å². The van der Waals surface area contributed by atoms with Crippen LogP contribution in [0.5, 0.6) is 0 Å². The lowest BCUT2D eigenvalue weighted by molar-refractivity contribution is 0.396. The van der Waals surface area contributed by atoms with E-state index in [0.29, 0.717) is 0 Å². The number of aromatic nitrogens is 1. The van der Waals surface area contributed by atoms with E-state index < -0.39 is 0 Å². The highest BCUT2D eigenvalue weighted by Crippen LogP contribution is 2.41. The van der Waals surface area contributed by atoms with Gasteiger partial charge in [-0.2, -0.15) is 0 Å². The zero-order valence-electron chi connectivity index (χ0n) is 11.5. The Kier molecular flexibility index (Phi) is 3.34. The molecule has 2 rings (SSSR count). The van der Waals surface area contributed by atoms with E-state index in [1.54, 1.807) is 0 Å². The summed E-state index contributed by atoms with van der Waals surface area (Å²) in [7, 11) is 0. The molecule has 2 N–H and O–H groups in total. The third-order valence-electron chi connectivity index (χ3n) is 4.23. The number of aryl methyl sites for hydroxylation is 1. The van der Waals surface area contributed by atoms with Crippen molar-refractivity contribution in [2.75, 3.05) is 0 Å². The van der Waals surface area contributed by atoms with E-state index in [9.17, 15) is 0 Å². The van der Waals surface area contributed by atoms with Gasteiger partial charge in [0, 0.05) is 10.3 Å². The second-order valence-corrected chi connectivity index (χ2v) is 6.98. The van der Waals surface area contributed by atoms with Gasteiger partial charge in [0.2, 0.25) is 0 Å². The maximum absolute atomic E-state index is 6.47. The van der Waals surface area contributed by atoms with Crippen molar-refractivity contribution in [1.82, 2.24) is 4.98 Å². The molecule has 0 atom stereocenters. The fourth-order valence-electron chi connectivity index (χ4n) is 2.62. The van der Waals surface area contributed by atoms with Crippen LogP contribution in [-0.4, -0.2) is 4.98 Å². The lowest BCUT2D eigenvalue weighted by atomic mass is 9.79. The number of fused-ring (bicyclic) bond motifs is 1. The molecule has 1 aromatic rings. The summed E-state index contributed by atoms with van der Waals surface area (Å²) in [5.41, 5.74) is 7.82. The highest BCUT2D eigenvalue weighted by atomic mass is 32.1. The number of hydrogen-bond donors (Lipinski definition) is 1. The fraction of sp³-hybridized carbons (Fsp3) is 0.786. The van der Waals surface area contributed by atoms with Crippen LogP contribution in [0.25, 0.3) is 0 Å². The summed E-state index contributed by atoms with van der Waals surface area (Å²) in [6.07, 6.45) is 5.67. The maximum atomic E-state index is 6.47. The molecule has 2 nitrogen and oxygen atoms in total. The predicted octanol–water partition coefficient (Wildman–Crippen LogP) is 3.73. The third kappa shape index (κ3) is 2.15. The van der Waals surface area contributed by atoms with Gasteiger partial charge in [0.1, 0.15) is 5.01 Å². The number of nitrogens with zero attached hydrogens (tertiary/aromatic N) is 1. The molecule has 0 aliphatic heterocycles. The smallest absolute Gasteiger partial charge is 0.113 e. The minimum atomic E-state index is -0.210. The normalized spacial score (nSPS) is 19.1. The van der Waals surface area contributed by atoms with Crippen LogP contribution in [0, 0.1) is 0 Å². The first-order valence-electron chi connectivity index (χ1n) is 6.72. The molecule has 0 saturated carbocycles. The molecule has 0 unspecified atom stereocenters. The molecule has 0 bridgehead atoms. The van der Waals surface area contributed by atoms with Crippen LogP contribution >= 0.6 is 11.3 Å². The Morgan fingerprint density at radius 3 is 2.53 bits per heavy atom. The van der Waals surface area contributed by atoms with Gasteiger partial charge in [-0.25, -0.2) is 4.98 Å². The maximum Gasteiger partial charge on any atom is 0.113 e. The molecular weight excluding hydrogens is 228 g/mol. The molecule has 3 heteroatoms. The summed E-state index contributed by atoms with van der Waals surface area (Å²) in [6, 6.07) is 0. The van der Waals surface area contributed by atoms with Crippen LogP contribution in [0.3, 0.4) is 0 Å². The molecule has 17 heavy (non-hydrogen) atoms. The van der Waals surface area contributed by atoms with Crippen molar-refractivity contribution in [1.29, 1.82) is 0 Å². The molecule has 0 saturated heterocycles. The van der Waals surface area contributed by atoms with Gasteiger partial charge >= 0.3 is 0 Å². The van der Waals surface area contributed by atoms with Gasteiger partial charge < -0.3 is 5.73 Å². The van der Waals surface area contributed by atoms with E-state index >= 15 is 0 Å². The second-order valence-electron chi connectivity index (χ2n) is 5.89. The quantitative estimate of drug-likeness (QED) is 0.890. The highest BCUT2D eigenvalue weighted by molar-refractivity contribution is 7.12. The van der Waals surface area contributed by atoms with Crippen molar-refractivity contribution < 1.29 is 0 Å². The van der Waals surface area contributed by atoms with Crippen LogP contribution in [-0.2, 0) is 17.4 Å². The molecule has 1 aliphatic carbocycles. The van der Waals surface area contributed by atoms with Crippen molar-refractivity contribution in [3.05, 3.63) is 15.6 Å². The van der Waals surface area contributed by atoms with Crippen LogP contribution < -0.4 is 5.73 Å². The van der Waals surface area contributed by atoms with E-state index in [-0.39, 0.29) is 11.0 Å². The van der Waals surface area contributed by atoms with Crippen LogP contribution in [0.15, 0.2) is 0 Å². The third-order valence-corrected chi connectivity index (χ3v) is 5.57. The Balaban J connectivity index is 2.44. The van der Waals surface area contributed by atoms with Gasteiger partial charge in [0.25, 0.3) is 0 Å². The average molecular weight is 252 g/mol. The lowest BCUT2D eigenvalue weighted by Gasteiger charge is -2.28. The Morgan fingerprint density at radius 1 is 1.35 bits per heavy atom. The molecule has 0 aromatic carbocycles. The SMILES string of the molecule is CCC(N)(CC)c1nc2c(s1)CCCC2(C)C. The zero-order valence-corrected chi connectivity index (χ0v) is 12.3. The van der Waals surface area contributed by atoms with Gasteiger partial charge in [-0.15, -0.1) is 11.3 Å². The Bertz CT molecular complexity index is 402. The number of nitrogens with two attached hydrogens (primary N) is 1. The number of thiazole rings is 1. The molecular formula is C14H24N2S.